The zero-order valence-corrected chi connectivity index (χ0v) is 21.2. The minimum atomic E-state index is -0.363. The normalized spacial score (nSPS) is 14.3. The molecule has 0 radical (unpaired) electrons. The first-order valence-electron chi connectivity index (χ1n) is 13.0. The number of likely N-dealkylation sites (tertiary alicyclic amines) is 1. The van der Waals surface area contributed by atoms with Crippen molar-refractivity contribution in [1.29, 1.82) is 0 Å². The highest BCUT2D eigenvalue weighted by atomic mass is 19.1. The van der Waals surface area contributed by atoms with Crippen LogP contribution in [0.2, 0.25) is 0 Å². The molecule has 1 saturated heterocycles. The van der Waals surface area contributed by atoms with Crippen molar-refractivity contribution in [1.82, 2.24) is 4.90 Å². The van der Waals surface area contributed by atoms with Crippen LogP contribution in [0, 0.1) is 5.82 Å². The number of ether oxygens (including phenoxy) is 2. The van der Waals surface area contributed by atoms with Crippen molar-refractivity contribution in [3.8, 4) is 22.6 Å². The van der Waals surface area contributed by atoms with Gasteiger partial charge in [-0.15, -0.1) is 0 Å². The van der Waals surface area contributed by atoms with E-state index in [0.29, 0.717) is 34.6 Å². The molecule has 4 aromatic carbocycles. The van der Waals surface area contributed by atoms with Crippen molar-refractivity contribution in [2.45, 2.75) is 25.7 Å². The molecule has 1 aliphatic rings. The van der Waals surface area contributed by atoms with Gasteiger partial charge in [0, 0.05) is 23.2 Å². The quantitative estimate of drug-likeness (QED) is 0.243. The highest BCUT2D eigenvalue weighted by Gasteiger charge is 2.20. The summed E-state index contributed by atoms with van der Waals surface area (Å²) in [5, 5.41) is 1.61. The Morgan fingerprint density at radius 1 is 0.838 bits per heavy atom. The van der Waals surface area contributed by atoms with E-state index in [4.69, 9.17) is 9.47 Å². The number of halogens is 1. The molecule has 4 aromatic rings. The maximum atomic E-state index is 14.8. The summed E-state index contributed by atoms with van der Waals surface area (Å²) < 4.78 is 26.2. The first-order chi connectivity index (χ1) is 18.1. The predicted octanol–water partition coefficient (Wildman–Crippen LogP) is 7.14. The van der Waals surface area contributed by atoms with Gasteiger partial charge >= 0.3 is 0 Å². The second kappa shape index (κ2) is 11.6. The van der Waals surface area contributed by atoms with Gasteiger partial charge in [0.25, 0.3) is 0 Å². The van der Waals surface area contributed by atoms with E-state index in [0.717, 1.165) is 36.2 Å². The van der Waals surface area contributed by atoms with Crippen LogP contribution < -0.4 is 9.47 Å². The van der Waals surface area contributed by atoms with Crippen LogP contribution in [-0.4, -0.2) is 44.0 Å². The Hall–Kier alpha value is -3.70. The average molecular weight is 498 g/mol. The SMILES string of the molecule is COc1ccc2c(C(=O)c3ccc(OCCN4CCCCCC4)cc3)c(-c3ccccc3F)ccc2c1. The molecule has 0 aliphatic carbocycles. The molecular weight excluding hydrogens is 465 g/mol. The molecule has 0 amide bonds. The largest absolute Gasteiger partial charge is 0.497 e. The minimum Gasteiger partial charge on any atom is -0.497 e. The number of carbonyl (C=O) groups is 1. The number of hydrogen-bond donors (Lipinski definition) is 0. The Labute approximate surface area is 217 Å². The zero-order chi connectivity index (χ0) is 25.6. The van der Waals surface area contributed by atoms with Gasteiger partial charge in [0.05, 0.1) is 7.11 Å². The fraction of sp³-hybridized carbons (Fsp3) is 0.281. The zero-order valence-electron chi connectivity index (χ0n) is 21.2. The monoisotopic (exact) mass is 497 g/mol. The minimum absolute atomic E-state index is 0.162. The van der Waals surface area contributed by atoms with Crippen LogP contribution in [0.3, 0.4) is 0 Å². The van der Waals surface area contributed by atoms with Crippen LogP contribution in [0.4, 0.5) is 4.39 Å². The lowest BCUT2D eigenvalue weighted by Crippen LogP contribution is -2.29. The number of ketones is 1. The molecule has 0 atom stereocenters. The molecule has 5 heteroatoms. The highest BCUT2D eigenvalue weighted by molar-refractivity contribution is 6.20. The van der Waals surface area contributed by atoms with E-state index in [1.54, 1.807) is 37.4 Å². The molecule has 1 fully saturated rings. The molecule has 1 heterocycles. The topological polar surface area (TPSA) is 38.8 Å². The molecule has 0 unspecified atom stereocenters. The molecule has 0 saturated carbocycles. The molecule has 190 valence electrons. The van der Waals surface area contributed by atoms with Gasteiger partial charge in [-0.1, -0.05) is 43.2 Å². The number of fused-ring (bicyclic) bond motifs is 1. The molecule has 0 aromatic heterocycles. The third kappa shape index (κ3) is 5.67. The van der Waals surface area contributed by atoms with Crippen LogP contribution >= 0.6 is 0 Å². The average Bonchev–Trinajstić information content (AvgIpc) is 3.21. The lowest BCUT2D eigenvalue weighted by molar-refractivity contribution is 0.104. The van der Waals surface area contributed by atoms with Crippen LogP contribution in [-0.2, 0) is 0 Å². The summed E-state index contributed by atoms with van der Waals surface area (Å²) in [4.78, 5) is 16.3. The number of nitrogens with zero attached hydrogens (tertiary/aromatic N) is 1. The van der Waals surface area contributed by atoms with E-state index in [-0.39, 0.29) is 11.6 Å². The van der Waals surface area contributed by atoms with E-state index in [1.165, 1.54) is 31.7 Å². The second-order valence-electron chi connectivity index (χ2n) is 9.51. The van der Waals surface area contributed by atoms with Gasteiger partial charge < -0.3 is 9.47 Å². The van der Waals surface area contributed by atoms with Crippen molar-refractivity contribution >= 4 is 16.6 Å². The fourth-order valence-electron chi connectivity index (χ4n) is 5.08. The third-order valence-electron chi connectivity index (χ3n) is 7.11. The summed E-state index contributed by atoms with van der Waals surface area (Å²) in [7, 11) is 1.61. The molecular formula is C32H32FNO3. The first kappa shape index (κ1) is 25.0. The van der Waals surface area contributed by atoms with Crippen LogP contribution in [0.1, 0.15) is 41.6 Å². The van der Waals surface area contributed by atoms with Gasteiger partial charge in [-0.3, -0.25) is 9.69 Å². The second-order valence-corrected chi connectivity index (χ2v) is 9.51. The van der Waals surface area contributed by atoms with Gasteiger partial charge in [0.2, 0.25) is 0 Å². The van der Waals surface area contributed by atoms with Crippen molar-refractivity contribution in [2.75, 3.05) is 33.4 Å². The molecule has 4 nitrogen and oxygen atoms in total. The van der Waals surface area contributed by atoms with Gasteiger partial charge in [-0.25, -0.2) is 4.39 Å². The summed E-state index contributed by atoms with van der Waals surface area (Å²) in [5.41, 5.74) is 1.97. The van der Waals surface area contributed by atoms with Crippen LogP contribution in [0.5, 0.6) is 11.5 Å². The van der Waals surface area contributed by atoms with Gasteiger partial charge in [0.1, 0.15) is 23.9 Å². The summed E-state index contributed by atoms with van der Waals surface area (Å²) in [5.74, 6) is 0.914. The summed E-state index contributed by atoms with van der Waals surface area (Å²) >= 11 is 0. The molecule has 0 spiro atoms. The van der Waals surface area contributed by atoms with Crippen molar-refractivity contribution < 1.29 is 18.7 Å². The summed E-state index contributed by atoms with van der Waals surface area (Å²) in [6, 6.07) is 23.1. The lowest BCUT2D eigenvalue weighted by atomic mass is 9.89. The first-order valence-corrected chi connectivity index (χ1v) is 13.0. The van der Waals surface area contributed by atoms with Crippen molar-refractivity contribution in [3.05, 3.63) is 95.8 Å². The van der Waals surface area contributed by atoms with E-state index in [1.807, 2.05) is 42.5 Å². The Kier molecular flexibility index (Phi) is 7.81. The van der Waals surface area contributed by atoms with Crippen molar-refractivity contribution in [3.63, 3.8) is 0 Å². The van der Waals surface area contributed by atoms with Crippen LogP contribution in [0.25, 0.3) is 21.9 Å². The Morgan fingerprint density at radius 3 is 2.30 bits per heavy atom. The number of hydrogen-bond acceptors (Lipinski definition) is 4. The van der Waals surface area contributed by atoms with E-state index < -0.39 is 0 Å². The van der Waals surface area contributed by atoms with E-state index in [2.05, 4.69) is 4.90 Å². The number of carbonyl (C=O) groups excluding carboxylic acids is 1. The van der Waals surface area contributed by atoms with Crippen LogP contribution in [0.15, 0.2) is 78.9 Å². The Bertz CT molecular complexity index is 1370. The lowest BCUT2D eigenvalue weighted by Gasteiger charge is -2.19. The smallest absolute Gasteiger partial charge is 0.194 e. The molecule has 0 bridgehead atoms. The Morgan fingerprint density at radius 2 is 1.57 bits per heavy atom. The third-order valence-corrected chi connectivity index (χ3v) is 7.11. The predicted molar refractivity (Wildman–Crippen MR) is 146 cm³/mol. The molecule has 37 heavy (non-hydrogen) atoms. The standard InChI is InChI=1S/C32H32FNO3/c1-36-26-15-17-27-24(22-26)12-16-29(28-8-4-5-9-30(28)33)31(27)32(35)23-10-13-25(14-11-23)37-21-20-34-18-6-2-3-7-19-34/h4-5,8-17,22H,2-3,6-7,18-21H2,1H3. The maximum absolute atomic E-state index is 14.8. The summed E-state index contributed by atoms with van der Waals surface area (Å²) in [6.45, 7) is 3.80. The Balaban J connectivity index is 1.42. The van der Waals surface area contributed by atoms with Gasteiger partial charge in [0.15, 0.2) is 5.78 Å². The fourth-order valence-corrected chi connectivity index (χ4v) is 5.08. The highest BCUT2D eigenvalue weighted by Crippen LogP contribution is 2.35. The van der Waals surface area contributed by atoms with E-state index >= 15 is 0 Å². The molecule has 0 N–H and O–H groups in total. The number of methoxy groups -OCH3 is 1. The summed E-state index contributed by atoms with van der Waals surface area (Å²) in [6.07, 6.45) is 5.14. The number of benzene rings is 4. The number of rotatable bonds is 8. The molecule has 1 aliphatic heterocycles. The van der Waals surface area contributed by atoms with E-state index in [9.17, 15) is 9.18 Å². The maximum Gasteiger partial charge on any atom is 0.194 e. The molecule has 5 rings (SSSR count). The van der Waals surface area contributed by atoms with Gasteiger partial charge in [-0.2, -0.15) is 0 Å². The van der Waals surface area contributed by atoms with Gasteiger partial charge in [-0.05, 0) is 90.8 Å². The van der Waals surface area contributed by atoms with Crippen molar-refractivity contribution in [2.24, 2.45) is 0 Å².